The van der Waals surface area contributed by atoms with Gasteiger partial charge in [-0.05, 0) is 6.07 Å². The molecule has 1 N–H and O–H groups in total. The molecule has 0 saturated heterocycles. The van der Waals surface area contributed by atoms with Crippen LogP contribution in [0.3, 0.4) is 0 Å². The van der Waals surface area contributed by atoms with Crippen LogP contribution < -0.4 is 9.47 Å². The lowest BCUT2D eigenvalue weighted by Crippen LogP contribution is -1.95. The van der Waals surface area contributed by atoms with Crippen molar-refractivity contribution in [2.24, 2.45) is 0 Å². The lowest BCUT2D eigenvalue weighted by Gasteiger charge is -2.06. The van der Waals surface area contributed by atoms with E-state index in [9.17, 15) is 8.78 Å². The van der Waals surface area contributed by atoms with Crippen molar-refractivity contribution in [2.75, 3.05) is 14.2 Å². The first kappa shape index (κ1) is 13.3. The minimum atomic E-state index is -0.944. The van der Waals surface area contributed by atoms with E-state index in [2.05, 4.69) is 15.0 Å². The van der Waals surface area contributed by atoms with Crippen molar-refractivity contribution in [3.8, 4) is 23.1 Å². The summed E-state index contributed by atoms with van der Waals surface area (Å²) in [5.41, 5.74) is 1.28. The molecule has 2 heterocycles. The van der Waals surface area contributed by atoms with Crippen LogP contribution in [0.1, 0.15) is 0 Å². The molecular formula is C14H11F2N3O2. The second-order valence-electron chi connectivity index (χ2n) is 4.28. The van der Waals surface area contributed by atoms with Gasteiger partial charge in [0.05, 0.1) is 30.8 Å². The first-order valence-corrected chi connectivity index (χ1v) is 6.06. The number of hydrogen-bond acceptors (Lipinski definition) is 4. The number of fused-ring (bicyclic) bond motifs is 1. The van der Waals surface area contributed by atoms with Crippen LogP contribution in [0.5, 0.6) is 11.8 Å². The Morgan fingerprint density at radius 3 is 2.48 bits per heavy atom. The third-order valence-corrected chi connectivity index (χ3v) is 3.02. The van der Waals surface area contributed by atoms with Gasteiger partial charge in [0.2, 0.25) is 11.8 Å². The third kappa shape index (κ3) is 2.26. The molecule has 0 aliphatic heterocycles. The van der Waals surface area contributed by atoms with Gasteiger partial charge in [0.1, 0.15) is 5.82 Å². The number of benzene rings is 1. The number of ether oxygens (including phenoxy) is 2. The SMILES string of the molecule is COc1ccc(-c2nc3cc(F)c(F)cc3[nH]2)c(OC)n1. The molecule has 0 fully saturated rings. The van der Waals surface area contributed by atoms with Crippen LogP contribution >= 0.6 is 0 Å². The van der Waals surface area contributed by atoms with E-state index in [0.29, 0.717) is 34.2 Å². The van der Waals surface area contributed by atoms with E-state index < -0.39 is 11.6 Å². The molecule has 0 unspecified atom stereocenters. The zero-order valence-corrected chi connectivity index (χ0v) is 11.3. The standard InChI is InChI=1S/C14H11F2N3O2/c1-20-12-4-3-7(14(19-12)21-2)13-17-10-5-8(15)9(16)6-11(10)18-13/h3-6H,1-2H3,(H,17,18). The Hall–Kier alpha value is -2.70. The van der Waals surface area contributed by atoms with Crippen LogP contribution in [0.15, 0.2) is 24.3 Å². The van der Waals surface area contributed by atoms with E-state index >= 15 is 0 Å². The van der Waals surface area contributed by atoms with Crippen LogP contribution in [-0.2, 0) is 0 Å². The van der Waals surface area contributed by atoms with Crippen molar-refractivity contribution in [1.29, 1.82) is 0 Å². The molecule has 3 aromatic rings. The van der Waals surface area contributed by atoms with Gasteiger partial charge in [0.25, 0.3) is 0 Å². The predicted octanol–water partition coefficient (Wildman–Crippen LogP) is 2.92. The number of imidazole rings is 1. The van der Waals surface area contributed by atoms with Crippen LogP contribution in [0.4, 0.5) is 8.78 Å². The molecule has 108 valence electrons. The summed E-state index contributed by atoms with van der Waals surface area (Å²) in [6.07, 6.45) is 0. The number of nitrogens with one attached hydrogen (secondary N) is 1. The summed E-state index contributed by atoms with van der Waals surface area (Å²) >= 11 is 0. The highest BCUT2D eigenvalue weighted by molar-refractivity contribution is 5.80. The highest BCUT2D eigenvalue weighted by Crippen LogP contribution is 2.30. The van der Waals surface area contributed by atoms with Crippen LogP contribution in [0.25, 0.3) is 22.4 Å². The maximum atomic E-state index is 13.2. The molecule has 21 heavy (non-hydrogen) atoms. The third-order valence-electron chi connectivity index (χ3n) is 3.02. The minimum Gasteiger partial charge on any atom is -0.481 e. The fraction of sp³-hybridized carbons (Fsp3) is 0.143. The molecule has 2 aromatic heterocycles. The fourth-order valence-electron chi connectivity index (χ4n) is 2.01. The number of aromatic amines is 1. The molecule has 0 amide bonds. The molecule has 0 bridgehead atoms. The predicted molar refractivity (Wildman–Crippen MR) is 72.3 cm³/mol. The summed E-state index contributed by atoms with van der Waals surface area (Å²) < 4.78 is 36.7. The quantitative estimate of drug-likeness (QED) is 0.806. The highest BCUT2D eigenvalue weighted by Gasteiger charge is 2.14. The zero-order valence-electron chi connectivity index (χ0n) is 11.3. The largest absolute Gasteiger partial charge is 0.481 e. The van der Waals surface area contributed by atoms with Crippen molar-refractivity contribution >= 4 is 11.0 Å². The topological polar surface area (TPSA) is 60.0 Å². The Morgan fingerprint density at radius 1 is 1.00 bits per heavy atom. The summed E-state index contributed by atoms with van der Waals surface area (Å²) in [6, 6.07) is 5.44. The fourth-order valence-corrected chi connectivity index (χ4v) is 2.01. The van der Waals surface area contributed by atoms with Gasteiger partial charge >= 0.3 is 0 Å². The van der Waals surface area contributed by atoms with Gasteiger partial charge in [-0.2, -0.15) is 4.98 Å². The molecular weight excluding hydrogens is 280 g/mol. The average Bonchev–Trinajstić information content (AvgIpc) is 2.89. The number of aromatic nitrogens is 3. The Bertz CT molecular complexity index is 778. The van der Waals surface area contributed by atoms with E-state index in [1.165, 1.54) is 14.2 Å². The van der Waals surface area contributed by atoms with Gasteiger partial charge in [-0.15, -0.1) is 0 Å². The molecule has 0 spiro atoms. The summed E-state index contributed by atoms with van der Waals surface area (Å²) in [6.45, 7) is 0. The monoisotopic (exact) mass is 291 g/mol. The second kappa shape index (κ2) is 5.01. The Kier molecular flexibility index (Phi) is 3.17. The smallest absolute Gasteiger partial charge is 0.227 e. The van der Waals surface area contributed by atoms with Gasteiger partial charge in [-0.25, -0.2) is 13.8 Å². The van der Waals surface area contributed by atoms with Crippen molar-refractivity contribution in [3.05, 3.63) is 35.9 Å². The first-order chi connectivity index (χ1) is 10.1. The number of H-pyrrole nitrogens is 1. The number of nitrogens with zero attached hydrogens (tertiary/aromatic N) is 2. The second-order valence-corrected chi connectivity index (χ2v) is 4.28. The normalized spacial score (nSPS) is 10.9. The van der Waals surface area contributed by atoms with Crippen molar-refractivity contribution in [1.82, 2.24) is 15.0 Å². The molecule has 5 nitrogen and oxygen atoms in total. The Labute approximate surface area is 118 Å². The summed E-state index contributed by atoms with van der Waals surface area (Å²) in [5, 5.41) is 0. The molecule has 0 radical (unpaired) electrons. The minimum absolute atomic E-state index is 0.300. The molecule has 0 aliphatic carbocycles. The lowest BCUT2D eigenvalue weighted by molar-refractivity contribution is 0.365. The van der Waals surface area contributed by atoms with Gasteiger partial charge in [-0.3, -0.25) is 0 Å². The number of halogens is 2. The lowest BCUT2D eigenvalue weighted by atomic mass is 10.2. The average molecular weight is 291 g/mol. The van der Waals surface area contributed by atoms with Gasteiger partial charge in [0.15, 0.2) is 11.6 Å². The Balaban J connectivity index is 2.16. The molecule has 0 aliphatic rings. The Morgan fingerprint density at radius 2 is 1.76 bits per heavy atom. The van der Waals surface area contributed by atoms with Gasteiger partial charge < -0.3 is 14.5 Å². The molecule has 0 atom stereocenters. The van der Waals surface area contributed by atoms with Crippen molar-refractivity contribution in [3.63, 3.8) is 0 Å². The maximum absolute atomic E-state index is 13.2. The summed E-state index contributed by atoms with van der Waals surface area (Å²) in [5.74, 6) is -0.780. The van der Waals surface area contributed by atoms with Gasteiger partial charge in [0, 0.05) is 18.2 Å². The van der Waals surface area contributed by atoms with E-state index in [1.807, 2.05) is 0 Å². The number of pyridine rings is 1. The number of methoxy groups -OCH3 is 2. The van der Waals surface area contributed by atoms with E-state index in [-0.39, 0.29) is 0 Å². The summed E-state index contributed by atoms with van der Waals surface area (Å²) in [4.78, 5) is 11.3. The number of rotatable bonds is 3. The highest BCUT2D eigenvalue weighted by atomic mass is 19.2. The van der Waals surface area contributed by atoms with Gasteiger partial charge in [-0.1, -0.05) is 0 Å². The molecule has 0 saturated carbocycles. The van der Waals surface area contributed by atoms with Crippen molar-refractivity contribution < 1.29 is 18.3 Å². The van der Waals surface area contributed by atoms with Crippen LogP contribution in [0, 0.1) is 11.6 Å². The van der Waals surface area contributed by atoms with E-state index in [1.54, 1.807) is 12.1 Å². The zero-order chi connectivity index (χ0) is 15.0. The molecule has 7 heteroatoms. The maximum Gasteiger partial charge on any atom is 0.227 e. The van der Waals surface area contributed by atoms with E-state index in [0.717, 1.165) is 12.1 Å². The van der Waals surface area contributed by atoms with Crippen molar-refractivity contribution in [2.45, 2.75) is 0 Å². The van der Waals surface area contributed by atoms with Crippen LogP contribution in [-0.4, -0.2) is 29.2 Å². The molecule has 1 aromatic carbocycles. The molecule has 3 rings (SSSR count). The summed E-state index contributed by atoms with van der Waals surface area (Å²) in [7, 11) is 2.96. The van der Waals surface area contributed by atoms with Crippen LogP contribution in [0.2, 0.25) is 0 Å². The number of hydrogen-bond donors (Lipinski definition) is 1. The first-order valence-electron chi connectivity index (χ1n) is 6.06. The van der Waals surface area contributed by atoms with E-state index in [4.69, 9.17) is 9.47 Å².